The summed E-state index contributed by atoms with van der Waals surface area (Å²) in [5.74, 6) is -0.833. The Morgan fingerprint density at radius 2 is 1.06 bits per heavy atom. The van der Waals surface area contributed by atoms with Gasteiger partial charge in [0.05, 0.1) is 94.5 Å². The molecule has 0 fully saturated rings. The van der Waals surface area contributed by atoms with Gasteiger partial charge in [-0.15, -0.1) is 0 Å². The molecule has 2 unspecified atom stereocenters. The number of benzene rings is 4. The maximum atomic E-state index is 12.3. The molecule has 0 aliphatic carbocycles. The average molecular weight is 1140 g/mol. The zero-order chi connectivity index (χ0) is 56.9. The second-order valence-electron chi connectivity index (χ2n) is 19.6. The molecule has 0 radical (unpaired) electrons. The van der Waals surface area contributed by atoms with Crippen LogP contribution in [-0.4, -0.2) is 167 Å². The van der Waals surface area contributed by atoms with Gasteiger partial charge in [-0.05, 0) is 116 Å². The standard InChI is InChI=1S/C59H78N2O16S2/c1-6-60-51-24-18-45-43-47(78(64,65)66)20-22-49(45)56(51)58(2,26-29-72-35-37-76-41-39-74-33-31-70-4)53(60)15-11-8-7-9-12-16-54-59(3,27-30-73-36-38-77-42-40-75-34-32-71-5)57-50-23-21-48(79(67,68)69)44-46(50)19-25-52(57)61(54)28-14-10-13-17-55(62)63/h7-9,11-12,15-16,18-25,43-44H,6,10,13-14,17,26-42H2,1-5H3,(H2-,62,63,64,65,66,67,68,69)/p+1. The van der Waals surface area contributed by atoms with Crippen molar-refractivity contribution in [3.63, 3.8) is 0 Å². The van der Waals surface area contributed by atoms with E-state index in [2.05, 4.69) is 42.4 Å². The van der Waals surface area contributed by atoms with E-state index < -0.39 is 37.0 Å². The van der Waals surface area contributed by atoms with Crippen molar-refractivity contribution in [2.45, 2.75) is 79.9 Å². The molecule has 2 heterocycles. The lowest BCUT2D eigenvalue weighted by Crippen LogP contribution is -2.33. The molecule has 2 aliphatic rings. The van der Waals surface area contributed by atoms with Gasteiger partial charge >= 0.3 is 5.97 Å². The molecule has 18 nitrogen and oxygen atoms in total. The van der Waals surface area contributed by atoms with Crippen LogP contribution in [0.1, 0.15) is 70.4 Å². The highest BCUT2D eigenvalue weighted by molar-refractivity contribution is 7.86. The molecule has 3 N–H and O–H groups in total. The Kier molecular flexibility index (Phi) is 24.4. The number of ether oxygens (including phenoxy) is 8. The summed E-state index contributed by atoms with van der Waals surface area (Å²) in [5.41, 5.74) is 4.79. The number of carbonyl (C=O) groups is 1. The molecule has 4 aromatic carbocycles. The van der Waals surface area contributed by atoms with E-state index in [9.17, 15) is 35.8 Å². The first-order chi connectivity index (χ1) is 38.0. The number of hydrogen-bond donors (Lipinski definition) is 3. The second kappa shape index (κ2) is 30.6. The minimum Gasteiger partial charge on any atom is -0.481 e. The third kappa shape index (κ3) is 16.9. The van der Waals surface area contributed by atoms with Gasteiger partial charge in [0.25, 0.3) is 20.2 Å². The molecule has 0 bridgehead atoms. The summed E-state index contributed by atoms with van der Waals surface area (Å²) in [4.78, 5) is 13.3. The lowest BCUT2D eigenvalue weighted by atomic mass is 9.75. The molecule has 0 amide bonds. The SMILES string of the molecule is CCN1C(=CC=CC=CC=CC2=[N+](CCCCCC(=O)O)c3ccc4cc(S(=O)(=O)O)ccc4c3C2(C)CCOCCOCCOCCOC)C(C)(CCOCCOCCOCCOC)c2c1ccc1cc(S(=O)(=O)O)ccc21. The summed E-state index contributed by atoms with van der Waals surface area (Å²) >= 11 is 0. The zero-order valence-corrected chi connectivity index (χ0v) is 47.9. The second-order valence-corrected chi connectivity index (χ2v) is 22.5. The van der Waals surface area contributed by atoms with E-state index in [1.165, 1.54) is 24.3 Å². The van der Waals surface area contributed by atoms with Crippen molar-refractivity contribution in [3.8, 4) is 0 Å². The van der Waals surface area contributed by atoms with Crippen molar-refractivity contribution in [2.75, 3.05) is 125 Å². The predicted octanol–water partition coefficient (Wildman–Crippen LogP) is 9.01. The molecule has 0 spiro atoms. The van der Waals surface area contributed by atoms with Crippen molar-refractivity contribution < 1.29 is 78.3 Å². The number of carboxylic acid groups (broad SMARTS) is 1. The van der Waals surface area contributed by atoms with Crippen LogP contribution in [0.4, 0.5) is 11.4 Å². The number of hydrogen-bond acceptors (Lipinski definition) is 14. The highest BCUT2D eigenvalue weighted by Crippen LogP contribution is 2.53. The van der Waals surface area contributed by atoms with Crippen molar-refractivity contribution in [3.05, 3.63) is 120 Å². The first-order valence-corrected chi connectivity index (χ1v) is 29.8. The van der Waals surface area contributed by atoms with Gasteiger partial charge in [0, 0.05) is 81.3 Å². The summed E-state index contributed by atoms with van der Waals surface area (Å²) < 4.78 is 116. The molecule has 4 aromatic rings. The van der Waals surface area contributed by atoms with Gasteiger partial charge in [0.2, 0.25) is 5.69 Å². The Morgan fingerprint density at radius 3 is 1.58 bits per heavy atom. The lowest BCUT2D eigenvalue weighted by molar-refractivity contribution is -0.438. The maximum absolute atomic E-state index is 12.3. The average Bonchev–Trinajstić information content (AvgIpc) is 3.61. The number of rotatable bonds is 37. The number of carboxylic acids is 1. The smallest absolute Gasteiger partial charge is 0.303 e. The Hall–Kier alpha value is -5.20. The van der Waals surface area contributed by atoms with Gasteiger partial charge in [-0.25, -0.2) is 0 Å². The molecular formula is C59H79N2O16S2+. The summed E-state index contributed by atoms with van der Waals surface area (Å²) in [6.07, 6.45) is 17.3. The van der Waals surface area contributed by atoms with Crippen molar-refractivity contribution in [1.29, 1.82) is 0 Å². The quantitative estimate of drug-likeness (QED) is 0.0166. The number of anilines is 1. The topological polar surface area (TPSA) is 226 Å². The van der Waals surface area contributed by atoms with E-state index in [0.29, 0.717) is 142 Å². The first-order valence-electron chi connectivity index (χ1n) is 26.9. The Morgan fingerprint density at radius 1 is 0.582 bits per heavy atom. The molecule has 6 rings (SSSR count). The van der Waals surface area contributed by atoms with Gasteiger partial charge in [-0.2, -0.15) is 21.4 Å². The van der Waals surface area contributed by atoms with Crippen LogP contribution in [0.2, 0.25) is 0 Å². The molecule has 79 heavy (non-hydrogen) atoms. The Labute approximate surface area is 465 Å². The number of allylic oxidation sites excluding steroid dienone is 8. The highest BCUT2D eigenvalue weighted by Gasteiger charge is 2.49. The molecular weight excluding hydrogens is 1060 g/mol. The van der Waals surface area contributed by atoms with E-state index in [4.69, 9.17) is 37.9 Å². The van der Waals surface area contributed by atoms with Gasteiger partial charge in [-0.3, -0.25) is 13.9 Å². The van der Waals surface area contributed by atoms with Crippen molar-refractivity contribution in [2.24, 2.45) is 0 Å². The van der Waals surface area contributed by atoms with Crippen molar-refractivity contribution >= 4 is 64.8 Å². The van der Waals surface area contributed by atoms with E-state index in [0.717, 1.165) is 51.1 Å². The van der Waals surface area contributed by atoms with Crippen LogP contribution in [0.3, 0.4) is 0 Å². The monoisotopic (exact) mass is 1140 g/mol. The molecule has 2 aliphatic heterocycles. The Balaban J connectivity index is 1.27. The van der Waals surface area contributed by atoms with E-state index in [1.54, 1.807) is 26.4 Å². The highest BCUT2D eigenvalue weighted by atomic mass is 32.2. The minimum absolute atomic E-state index is 0.0836. The van der Waals surface area contributed by atoms with Gasteiger partial charge in [0.15, 0.2) is 5.71 Å². The third-order valence-corrected chi connectivity index (χ3v) is 16.0. The van der Waals surface area contributed by atoms with Gasteiger partial charge < -0.3 is 47.9 Å². The van der Waals surface area contributed by atoms with Gasteiger partial charge in [-0.1, -0.05) is 48.6 Å². The summed E-state index contributed by atoms with van der Waals surface area (Å²) in [6.45, 7) is 13.8. The van der Waals surface area contributed by atoms with Crippen LogP contribution < -0.4 is 4.90 Å². The molecule has 0 saturated heterocycles. The largest absolute Gasteiger partial charge is 0.481 e. The van der Waals surface area contributed by atoms with Crippen LogP contribution in [-0.2, 0) is 73.8 Å². The van der Waals surface area contributed by atoms with Crippen LogP contribution in [0.15, 0.2) is 119 Å². The Bertz CT molecular complexity index is 3060. The first kappa shape index (κ1) is 63.0. The normalized spacial score (nSPS) is 18.3. The number of unbranched alkanes of at least 4 members (excludes halogenated alkanes) is 2. The number of aliphatic carboxylic acids is 1. The molecule has 2 atom stereocenters. The molecule has 432 valence electrons. The van der Waals surface area contributed by atoms with E-state index in [-0.39, 0.29) is 16.2 Å². The fraction of sp³-hybridized carbons (Fsp3) is 0.492. The minimum atomic E-state index is -4.46. The number of fused-ring (bicyclic) bond motifs is 6. The molecule has 0 saturated carbocycles. The van der Waals surface area contributed by atoms with Crippen molar-refractivity contribution in [1.82, 2.24) is 0 Å². The third-order valence-electron chi connectivity index (χ3n) is 14.3. The van der Waals surface area contributed by atoms with Crippen LogP contribution >= 0.6 is 0 Å². The molecule has 0 aromatic heterocycles. The van der Waals surface area contributed by atoms with E-state index in [1.807, 2.05) is 54.6 Å². The van der Waals surface area contributed by atoms with Gasteiger partial charge in [0.1, 0.15) is 6.54 Å². The summed E-state index contributed by atoms with van der Waals surface area (Å²) in [5, 5.41) is 12.4. The zero-order valence-electron chi connectivity index (χ0n) is 46.2. The number of methoxy groups -OCH3 is 2. The van der Waals surface area contributed by atoms with Crippen LogP contribution in [0.25, 0.3) is 21.5 Å². The fourth-order valence-electron chi connectivity index (χ4n) is 10.4. The van der Waals surface area contributed by atoms with Crippen LogP contribution in [0.5, 0.6) is 0 Å². The van der Waals surface area contributed by atoms with Crippen LogP contribution in [0, 0.1) is 0 Å². The lowest BCUT2D eigenvalue weighted by Gasteiger charge is -2.30. The number of likely N-dealkylation sites (N-methyl/N-ethyl adjacent to an activating group) is 1. The summed E-state index contributed by atoms with van der Waals surface area (Å²) in [6, 6.07) is 17.1. The maximum Gasteiger partial charge on any atom is 0.303 e. The number of nitrogens with zero attached hydrogens (tertiary/aromatic N) is 2. The summed E-state index contributed by atoms with van der Waals surface area (Å²) in [7, 11) is -5.64. The predicted molar refractivity (Wildman–Crippen MR) is 305 cm³/mol. The van der Waals surface area contributed by atoms with E-state index >= 15 is 0 Å². The molecule has 20 heteroatoms. The fourth-order valence-corrected chi connectivity index (χ4v) is 11.4.